The third-order valence-corrected chi connectivity index (χ3v) is 8.51. The maximum Gasteiger partial charge on any atom is 0.469 e. The molecule has 0 aromatic carbocycles. The van der Waals surface area contributed by atoms with Gasteiger partial charge in [0.2, 0.25) is 0 Å². The number of ether oxygens (including phenoxy) is 2. The first kappa shape index (κ1) is 47.8. The summed E-state index contributed by atoms with van der Waals surface area (Å²) in [6.45, 7) is 3.51. The molecule has 288 valence electrons. The first-order valence-corrected chi connectivity index (χ1v) is 21.1. The number of unbranched alkanes of at least 4 members (excludes halogenated alkanes) is 15. The van der Waals surface area contributed by atoms with Crippen LogP contribution in [0.2, 0.25) is 0 Å². The van der Waals surface area contributed by atoms with Crippen LogP contribution in [0.15, 0.2) is 60.8 Å². The van der Waals surface area contributed by atoms with Gasteiger partial charge < -0.3 is 19.3 Å². The molecular weight excluding hydrogens is 651 g/mol. The van der Waals surface area contributed by atoms with Gasteiger partial charge in [-0.1, -0.05) is 145 Å². The van der Waals surface area contributed by atoms with Gasteiger partial charge in [0.25, 0.3) is 0 Å². The van der Waals surface area contributed by atoms with Crippen molar-refractivity contribution >= 4 is 19.8 Å². The predicted molar refractivity (Wildman–Crippen MR) is 207 cm³/mol. The molecule has 2 N–H and O–H groups in total. The number of phosphoric ester groups is 1. The van der Waals surface area contributed by atoms with Crippen LogP contribution < -0.4 is 0 Å². The maximum atomic E-state index is 12.4. The van der Waals surface area contributed by atoms with Crippen LogP contribution in [-0.4, -0.2) is 41.0 Å². The zero-order valence-corrected chi connectivity index (χ0v) is 32.4. The van der Waals surface area contributed by atoms with Crippen LogP contribution in [0.3, 0.4) is 0 Å². The molecule has 0 bridgehead atoms. The van der Waals surface area contributed by atoms with E-state index in [4.69, 9.17) is 19.3 Å². The van der Waals surface area contributed by atoms with Crippen LogP contribution in [0.1, 0.15) is 168 Å². The number of hydrogen-bond acceptors (Lipinski definition) is 6. The molecule has 0 heterocycles. The normalized spacial score (nSPS) is 13.1. The maximum absolute atomic E-state index is 12.4. The van der Waals surface area contributed by atoms with E-state index in [0.717, 1.165) is 70.6 Å². The summed E-state index contributed by atoms with van der Waals surface area (Å²) in [5, 5.41) is 0. The Kier molecular flexibility index (Phi) is 34.9. The van der Waals surface area contributed by atoms with Crippen LogP contribution in [0.5, 0.6) is 0 Å². The van der Waals surface area contributed by atoms with Crippen LogP contribution in [0.25, 0.3) is 0 Å². The van der Waals surface area contributed by atoms with Gasteiger partial charge in [-0.2, -0.15) is 0 Å². The first-order valence-electron chi connectivity index (χ1n) is 19.6. The molecule has 0 spiro atoms. The smallest absolute Gasteiger partial charge is 0.462 e. The average molecular weight is 723 g/mol. The van der Waals surface area contributed by atoms with Gasteiger partial charge in [0.1, 0.15) is 6.61 Å². The number of carbonyl (C=O) groups is 2. The molecule has 0 rings (SSSR count). The Morgan fingerprint density at radius 1 is 0.540 bits per heavy atom. The van der Waals surface area contributed by atoms with Gasteiger partial charge in [0.05, 0.1) is 6.61 Å². The van der Waals surface area contributed by atoms with E-state index in [9.17, 15) is 14.2 Å². The molecular formula is C41H71O8P. The Labute approximate surface area is 305 Å². The van der Waals surface area contributed by atoms with Crippen LogP contribution in [0, 0.1) is 0 Å². The predicted octanol–water partition coefficient (Wildman–Crippen LogP) is 11.7. The molecule has 0 aliphatic rings. The van der Waals surface area contributed by atoms with E-state index in [0.29, 0.717) is 12.8 Å². The Balaban J connectivity index is 4.05. The van der Waals surface area contributed by atoms with Crippen LogP contribution in [-0.2, 0) is 28.2 Å². The van der Waals surface area contributed by atoms with Crippen molar-refractivity contribution in [2.75, 3.05) is 13.2 Å². The lowest BCUT2D eigenvalue weighted by Crippen LogP contribution is -2.29. The van der Waals surface area contributed by atoms with Gasteiger partial charge >= 0.3 is 19.8 Å². The highest BCUT2D eigenvalue weighted by atomic mass is 31.2. The number of esters is 2. The Morgan fingerprint density at radius 3 is 1.50 bits per heavy atom. The Hall–Kier alpha value is -2.25. The van der Waals surface area contributed by atoms with Gasteiger partial charge in [-0.25, -0.2) is 4.57 Å². The zero-order chi connectivity index (χ0) is 36.8. The molecule has 0 aromatic heterocycles. The molecule has 0 saturated carbocycles. The topological polar surface area (TPSA) is 119 Å². The van der Waals surface area contributed by atoms with E-state index in [1.54, 1.807) is 0 Å². The molecule has 8 nitrogen and oxygen atoms in total. The van der Waals surface area contributed by atoms with Crippen molar-refractivity contribution in [3.8, 4) is 0 Å². The van der Waals surface area contributed by atoms with Crippen molar-refractivity contribution in [1.82, 2.24) is 0 Å². The molecule has 0 amide bonds. The summed E-state index contributed by atoms with van der Waals surface area (Å²) in [5.41, 5.74) is 0. The largest absolute Gasteiger partial charge is 0.469 e. The van der Waals surface area contributed by atoms with Gasteiger partial charge in [-0.05, 0) is 70.6 Å². The highest BCUT2D eigenvalue weighted by Gasteiger charge is 2.22. The van der Waals surface area contributed by atoms with Gasteiger partial charge in [-0.15, -0.1) is 0 Å². The number of carbonyl (C=O) groups excluding carboxylic acids is 2. The molecule has 0 radical (unpaired) electrons. The summed E-state index contributed by atoms with van der Waals surface area (Å²) in [6.07, 6.45) is 45.2. The fraction of sp³-hybridized carbons (Fsp3) is 0.707. The van der Waals surface area contributed by atoms with E-state index in [2.05, 4.69) is 79.1 Å². The SMILES string of the molecule is CC/C=C/C/C=C/C/C=C/CCCCCCCC(=O)O[C@H](COC(=O)CCC/C=C/C/C=C/CCCCCCCCCCC)COP(=O)(O)O. The van der Waals surface area contributed by atoms with E-state index in [1.807, 2.05) is 0 Å². The quantitative estimate of drug-likeness (QED) is 0.0287. The van der Waals surface area contributed by atoms with Gasteiger partial charge in [-0.3, -0.25) is 14.1 Å². The minimum Gasteiger partial charge on any atom is -0.462 e. The highest BCUT2D eigenvalue weighted by Crippen LogP contribution is 2.36. The highest BCUT2D eigenvalue weighted by molar-refractivity contribution is 7.46. The minimum atomic E-state index is -4.77. The Morgan fingerprint density at radius 2 is 0.980 bits per heavy atom. The fourth-order valence-corrected chi connectivity index (χ4v) is 5.49. The number of phosphoric acid groups is 1. The summed E-state index contributed by atoms with van der Waals surface area (Å²) >= 11 is 0. The third kappa shape index (κ3) is 38.6. The molecule has 0 unspecified atom stereocenters. The van der Waals surface area contributed by atoms with Crippen molar-refractivity contribution in [2.45, 2.75) is 174 Å². The summed E-state index contributed by atoms with van der Waals surface area (Å²) in [5.74, 6) is -0.962. The van der Waals surface area contributed by atoms with E-state index >= 15 is 0 Å². The molecule has 0 aliphatic carbocycles. The lowest BCUT2D eigenvalue weighted by Gasteiger charge is -2.18. The summed E-state index contributed by atoms with van der Waals surface area (Å²) in [6, 6.07) is 0. The summed E-state index contributed by atoms with van der Waals surface area (Å²) < 4.78 is 26.3. The second-order valence-electron chi connectivity index (χ2n) is 12.9. The molecule has 50 heavy (non-hydrogen) atoms. The molecule has 0 aromatic rings. The summed E-state index contributed by atoms with van der Waals surface area (Å²) in [7, 11) is -4.77. The average Bonchev–Trinajstić information content (AvgIpc) is 3.08. The molecule has 0 fully saturated rings. The third-order valence-electron chi connectivity index (χ3n) is 8.02. The molecule has 1 atom stereocenters. The zero-order valence-electron chi connectivity index (χ0n) is 31.5. The lowest BCUT2D eigenvalue weighted by atomic mass is 10.1. The number of allylic oxidation sites excluding steroid dienone is 10. The number of hydrogen-bond donors (Lipinski definition) is 2. The van der Waals surface area contributed by atoms with Crippen molar-refractivity contribution < 1.29 is 37.9 Å². The number of rotatable bonds is 35. The van der Waals surface area contributed by atoms with Crippen LogP contribution in [0.4, 0.5) is 0 Å². The van der Waals surface area contributed by atoms with Crippen molar-refractivity contribution in [2.24, 2.45) is 0 Å². The fourth-order valence-electron chi connectivity index (χ4n) is 5.13. The van der Waals surface area contributed by atoms with Gasteiger partial charge in [0, 0.05) is 12.8 Å². The second-order valence-corrected chi connectivity index (χ2v) is 14.1. The van der Waals surface area contributed by atoms with Crippen molar-refractivity contribution in [3.05, 3.63) is 60.8 Å². The van der Waals surface area contributed by atoms with Crippen molar-refractivity contribution in [1.29, 1.82) is 0 Å². The van der Waals surface area contributed by atoms with E-state index < -0.39 is 32.5 Å². The second kappa shape index (κ2) is 36.5. The molecule has 0 saturated heterocycles. The lowest BCUT2D eigenvalue weighted by molar-refractivity contribution is -0.161. The van der Waals surface area contributed by atoms with Gasteiger partial charge in [0.15, 0.2) is 6.10 Å². The summed E-state index contributed by atoms with van der Waals surface area (Å²) in [4.78, 5) is 42.7. The van der Waals surface area contributed by atoms with Crippen molar-refractivity contribution in [3.63, 3.8) is 0 Å². The monoisotopic (exact) mass is 722 g/mol. The molecule has 9 heteroatoms. The van der Waals surface area contributed by atoms with E-state index in [-0.39, 0.29) is 19.4 Å². The van der Waals surface area contributed by atoms with E-state index in [1.165, 1.54) is 57.8 Å². The standard InChI is InChI=1S/C41H71O8P/c1-3-5-7-9-11-13-15-17-19-20-22-23-25-27-29-31-33-35-40(42)47-37-39(38-48-50(44,45)46)49-41(43)36-34-32-30-28-26-24-21-18-16-14-12-10-8-6-4-2/h6,8,12,14,18,21-23,27,29,39H,3-5,7,9-11,13,15-17,19-20,24-26,28,30-38H2,1-2H3,(H2,44,45,46)/b8-6+,14-12+,21-18+,23-22+,29-27+/t39-/m1/s1. The van der Waals surface area contributed by atoms with Crippen LogP contribution >= 0.6 is 7.82 Å². The Bertz CT molecular complexity index is 995. The first-order chi connectivity index (χ1) is 24.3. The molecule has 0 aliphatic heterocycles. The minimum absolute atomic E-state index is 0.181.